The predicted molar refractivity (Wildman–Crippen MR) is 150 cm³/mol. The van der Waals surface area contributed by atoms with Crippen LogP contribution in [0.15, 0.2) is 53.5 Å². The molecule has 3 heteroatoms. The molecule has 0 bridgehead atoms. The summed E-state index contributed by atoms with van der Waals surface area (Å²) in [7, 11) is -0.275. The number of hydrogen-bond acceptors (Lipinski definition) is 2. The zero-order valence-electron chi connectivity index (χ0n) is 21.7. The maximum absolute atomic E-state index is 4.93. The highest BCUT2D eigenvalue weighted by Crippen LogP contribution is 2.47. The molecule has 0 aliphatic carbocycles. The molecule has 0 radical (unpaired) electrons. The van der Waals surface area contributed by atoms with Crippen molar-refractivity contribution in [2.45, 2.75) is 73.6 Å². The van der Waals surface area contributed by atoms with Crippen molar-refractivity contribution in [3.8, 4) is 0 Å². The first-order valence-corrected chi connectivity index (χ1v) is 13.4. The van der Waals surface area contributed by atoms with Crippen molar-refractivity contribution in [1.29, 1.82) is 0 Å². The van der Waals surface area contributed by atoms with E-state index < -0.39 is 0 Å². The molecule has 0 amide bonds. The molecular weight excluding hydrogens is 419 g/mol. The number of benzene rings is 3. The summed E-state index contributed by atoms with van der Waals surface area (Å²) in [5.41, 5.74) is 12.0. The maximum atomic E-state index is 4.93. The lowest BCUT2D eigenvalue weighted by Crippen LogP contribution is -2.18. The zero-order chi connectivity index (χ0) is 24.3. The fraction of sp³-hybridized carbons (Fsp3) is 0.367. The van der Waals surface area contributed by atoms with Crippen molar-refractivity contribution in [3.05, 3.63) is 81.9 Å². The number of aryl methyl sites for hydroxylation is 5. The molecule has 0 saturated heterocycles. The molecule has 3 rings (SSSR count). The van der Waals surface area contributed by atoms with Crippen LogP contribution in [0, 0.1) is 34.6 Å². The van der Waals surface area contributed by atoms with Gasteiger partial charge in [0, 0.05) is 28.5 Å². The second kappa shape index (κ2) is 10.7. The molecule has 1 N–H and O–H groups in total. The molecule has 0 aromatic heterocycles. The molecule has 3 aromatic carbocycles. The van der Waals surface area contributed by atoms with Crippen LogP contribution >= 0.6 is 7.92 Å². The van der Waals surface area contributed by atoms with Gasteiger partial charge in [0.25, 0.3) is 0 Å². The zero-order valence-corrected chi connectivity index (χ0v) is 22.6. The van der Waals surface area contributed by atoms with Gasteiger partial charge in [0.1, 0.15) is 0 Å². The Bertz CT molecular complexity index is 1130. The number of anilines is 2. The fourth-order valence-electron chi connectivity index (χ4n) is 4.67. The highest BCUT2D eigenvalue weighted by molar-refractivity contribution is 7.67. The molecule has 174 valence electrons. The largest absolute Gasteiger partial charge is 0.354 e. The monoisotopic (exact) mass is 458 g/mol. The summed E-state index contributed by atoms with van der Waals surface area (Å²) >= 11 is 0. The Kier molecular flexibility index (Phi) is 8.14. The Morgan fingerprint density at radius 3 is 1.82 bits per heavy atom. The van der Waals surface area contributed by atoms with Crippen molar-refractivity contribution in [3.63, 3.8) is 0 Å². The summed E-state index contributed by atoms with van der Waals surface area (Å²) in [6.45, 7) is 20.2. The Balaban J connectivity index is 2.04. The Labute approximate surface area is 202 Å². The average molecular weight is 459 g/mol. The van der Waals surface area contributed by atoms with Gasteiger partial charge in [-0.1, -0.05) is 76.6 Å². The quantitative estimate of drug-likeness (QED) is 0.278. The van der Waals surface area contributed by atoms with Gasteiger partial charge in [-0.2, -0.15) is 0 Å². The van der Waals surface area contributed by atoms with E-state index in [1.807, 2.05) is 6.21 Å². The maximum Gasteiger partial charge on any atom is 0.0688 e. The highest BCUT2D eigenvalue weighted by atomic mass is 31.1. The van der Waals surface area contributed by atoms with Crippen LogP contribution in [-0.2, 0) is 0 Å². The third-order valence-corrected chi connectivity index (χ3v) is 9.14. The first-order valence-electron chi connectivity index (χ1n) is 12.0. The Morgan fingerprint density at radius 1 is 0.697 bits per heavy atom. The minimum absolute atomic E-state index is 0.275. The van der Waals surface area contributed by atoms with Crippen LogP contribution in [0.1, 0.15) is 61.1 Å². The molecule has 0 saturated carbocycles. The summed E-state index contributed by atoms with van der Waals surface area (Å²) in [5, 5.41) is 5.25. The van der Waals surface area contributed by atoms with E-state index in [0.29, 0.717) is 11.3 Å². The summed E-state index contributed by atoms with van der Waals surface area (Å²) in [6, 6.07) is 17.8. The minimum atomic E-state index is -0.275. The van der Waals surface area contributed by atoms with Crippen LogP contribution in [0.5, 0.6) is 0 Å². The molecule has 0 fully saturated rings. The molecule has 2 nitrogen and oxygen atoms in total. The second-order valence-corrected chi connectivity index (χ2v) is 13.2. The van der Waals surface area contributed by atoms with Crippen molar-refractivity contribution >= 4 is 36.5 Å². The van der Waals surface area contributed by atoms with E-state index in [-0.39, 0.29) is 7.92 Å². The lowest BCUT2D eigenvalue weighted by molar-refractivity contribution is 1.02. The van der Waals surface area contributed by atoms with E-state index in [1.165, 1.54) is 38.8 Å². The molecule has 0 unspecified atom stereocenters. The molecule has 0 spiro atoms. The van der Waals surface area contributed by atoms with Crippen LogP contribution in [0.4, 0.5) is 17.1 Å². The molecule has 0 atom stereocenters. The van der Waals surface area contributed by atoms with Gasteiger partial charge in [0.05, 0.1) is 5.69 Å². The summed E-state index contributed by atoms with van der Waals surface area (Å²) < 4.78 is 0. The molecule has 0 heterocycles. The van der Waals surface area contributed by atoms with E-state index in [0.717, 1.165) is 16.9 Å². The Hall–Kier alpha value is -2.44. The van der Waals surface area contributed by atoms with Crippen LogP contribution in [0.3, 0.4) is 0 Å². The first-order chi connectivity index (χ1) is 15.6. The van der Waals surface area contributed by atoms with Crippen molar-refractivity contribution in [1.82, 2.24) is 0 Å². The molecule has 33 heavy (non-hydrogen) atoms. The lowest BCUT2D eigenvalue weighted by Gasteiger charge is -2.29. The van der Waals surface area contributed by atoms with Crippen LogP contribution in [0.2, 0.25) is 0 Å². The smallest absolute Gasteiger partial charge is 0.0688 e. The number of rotatable bonds is 7. The second-order valence-electron chi connectivity index (χ2n) is 9.84. The number of nitrogens with one attached hydrogen (secondary N) is 1. The predicted octanol–water partition coefficient (Wildman–Crippen LogP) is 8.65. The van der Waals surface area contributed by atoms with Gasteiger partial charge >= 0.3 is 0 Å². The minimum Gasteiger partial charge on any atom is -0.354 e. The van der Waals surface area contributed by atoms with Crippen molar-refractivity contribution < 1.29 is 0 Å². The van der Waals surface area contributed by atoms with E-state index in [1.54, 1.807) is 0 Å². The van der Waals surface area contributed by atoms with Crippen molar-refractivity contribution in [2.24, 2.45) is 4.99 Å². The molecule has 3 aromatic rings. The fourth-order valence-corrected chi connectivity index (χ4v) is 7.74. The van der Waals surface area contributed by atoms with Gasteiger partial charge < -0.3 is 5.32 Å². The van der Waals surface area contributed by atoms with Crippen molar-refractivity contribution in [2.75, 3.05) is 5.32 Å². The van der Waals surface area contributed by atoms with Gasteiger partial charge in [-0.3, -0.25) is 4.99 Å². The van der Waals surface area contributed by atoms with E-state index >= 15 is 0 Å². The summed E-state index contributed by atoms with van der Waals surface area (Å²) in [4.78, 5) is 4.93. The SMILES string of the molecule is Cc1cc(C)c(N=Cc2cc(C)ccc2Nc2ccc(C)cc2P(C(C)C)C(C)C)c(C)c1. The van der Waals surface area contributed by atoms with Crippen LogP contribution < -0.4 is 10.6 Å². The van der Waals surface area contributed by atoms with Gasteiger partial charge in [-0.15, -0.1) is 0 Å². The summed E-state index contributed by atoms with van der Waals surface area (Å²) in [6.07, 6.45) is 2.02. The van der Waals surface area contributed by atoms with E-state index in [4.69, 9.17) is 4.99 Å². The molecule has 0 aliphatic rings. The topological polar surface area (TPSA) is 24.4 Å². The Morgan fingerprint density at radius 2 is 1.24 bits per heavy atom. The lowest BCUT2D eigenvalue weighted by atomic mass is 10.1. The van der Waals surface area contributed by atoms with Gasteiger partial charge in [0.2, 0.25) is 0 Å². The third-order valence-electron chi connectivity index (χ3n) is 5.99. The first kappa shape index (κ1) is 25.2. The van der Waals surface area contributed by atoms with Crippen LogP contribution in [-0.4, -0.2) is 17.5 Å². The highest BCUT2D eigenvalue weighted by Gasteiger charge is 2.22. The molecule has 0 aliphatic heterocycles. The number of aliphatic imine (C=N–C) groups is 1. The van der Waals surface area contributed by atoms with Crippen LogP contribution in [0.25, 0.3) is 0 Å². The average Bonchev–Trinajstić information content (AvgIpc) is 2.70. The van der Waals surface area contributed by atoms with Gasteiger partial charge in [-0.25, -0.2) is 0 Å². The van der Waals surface area contributed by atoms with E-state index in [2.05, 4.69) is 116 Å². The summed E-state index contributed by atoms with van der Waals surface area (Å²) in [5.74, 6) is 0. The van der Waals surface area contributed by atoms with Gasteiger partial charge in [-0.05, 0) is 81.3 Å². The molecular formula is C30H39N2P. The standard InChI is InChI=1S/C30H39N2P/c1-19(2)33(20(3)4)29-17-22(6)11-13-28(29)32-27-12-10-21(5)16-26(27)18-31-30-24(8)14-23(7)15-25(30)9/h10-20,32H,1-9H3. The van der Waals surface area contributed by atoms with Gasteiger partial charge in [0.15, 0.2) is 0 Å². The number of nitrogens with zero attached hydrogens (tertiary/aromatic N) is 1. The number of hydrogen-bond donors (Lipinski definition) is 1. The van der Waals surface area contributed by atoms with E-state index in [9.17, 15) is 0 Å². The normalized spacial score (nSPS) is 11.9. The third kappa shape index (κ3) is 6.12.